The lowest BCUT2D eigenvalue weighted by atomic mass is 10.1. The van der Waals surface area contributed by atoms with Crippen molar-refractivity contribution in [1.82, 2.24) is 5.43 Å². The first-order valence-electron chi connectivity index (χ1n) is 6.47. The average molecular weight is 250 g/mol. The number of carbonyl (C=O) groups excluding carboxylic acids is 1. The molecule has 1 aromatic rings. The summed E-state index contributed by atoms with van der Waals surface area (Å²) in [4.78, 5) is 10.9. The van der Waals surface area contributed by atoms with Crippen molar-refractivity contribution in [2.24, 2.45) is 5.84 Å². The van der Waals surface area contributed by atoms with Crippen molar-refractivity contribution in [3.63, 3.8) is 0 Å². The van der Waals surface area contributed by atoms with Gasteiger partial charge in [-0.05, 0) is 37.0 Å². The largest absolute Gasteiger partial charge is 0.494 e. The van der Waals surface area contributed by atoms with Crippen molar-refractivity contribution < 1.29 is 9.53 Å². The maximum atomic E-state index is 10.9. The van der Waals surface area contributed by atoms with Crippen LogP contribution in [0.15, 0.2) is 24.3 Å². The van der Waals surface area contributed by atoms with Gasteiger partial charge >= 0.3 is 0 Å². The first kappa shape index (κ1) is 14.5. The fraction of sp³-hybridized carbons (Fsp3) is 0.500. The van der Waals surface area contributed by atoms with E-state index in [4.69, 9.17) is 10.6 Å². The van der Waals surface area contributed by atoms with Gasteiger partial charge in [0.2, 0.25) is 5.91 Å². The fourth-order valence-corrected chi connectivity index (χ4v) is 1.63. The molecule has 0 aliphatic rings. The number of ether oxygens (including phenoxy) is 1. The van der Waals surface area contributed by atoms with Crippen LogP contribution in [0, 0.1) is 0 Å². The molecule has 1 aromatic carbocycles. The number of carbonyl (C=O) groups is 1. The maximum Gasteiger partial charge on any atom is 0.234 e. The lowest BCUT2D eigenvalue weighted by Crippen LogP contribution is -2.29. The Kier molecular flexibility index (Phi) is 6.87. The highest BCUT2D eigenvalue weighted by Crippen LogP contribution is 2.14. The van der Waals surface area contributed by atoms with Crippen LogP contribution in [0.4, 0.5) is 0 Å². The number of unbranched alkanes of at least 4 members (excludes halogenated alkanes) is 1. The van der Waals surface area contributed by atoms with Crippen LogP contribution in [-0.4, -0.2) is 12.5 Å². The smallest absolute Gasteiger partial charge is 0.234 e. The number of benzene rings is 1. The van der Waals surface area contributed by atoms with Gasteiger partial charge in [0.25, 0.3) is 0 Å². The number of aryl methyl sites for hydroxylation is 1. The van der Waals surface area contributed by atoms with Gasteiger partial charge in [-0.15, -0.1) is 0 Å². The monoisotopic (exact) mass is 250 g/mol. The number of hydrogen-bond donors (Lipinski definition) is 2. The van der Waals surface area contributed by atoms with E-state index in [2.05, 4.69) is 24.5 Å². The van der Waals surface area contributed by atoms with Crippen molar-refractivity contribution in [3.8, 4) is 5.75 Å². The molecule has 0 fully saturated rings. The Morgan fingerprint density at radius 3 is 2.61 bits per heavy atom. The van der Waals surface area contributed by atoms with Crippen LogP contribution < -0.4 is 16.0 Å². The molecule has 0 spiro atoms. The normalized spacial score (nSPS) is 10.1. The molecule has 0 heterocycles. The van der Waals surface area contributed by atoms with E-state index in [1.54, 1.807) is 0 Å². The summed E-state index contributed by atoms with van der Waals surface area (Å²) < 4.78 is 5.54. The summed E-state index contributed by atoms with van der Waals surface area (Å²) in [5, 5.41) is 0. The van der Waals surface area contributed by atoms with Crippen molar-refractivity contribution in [2.45, 2.75) is 39.0 Å². The molecule has 1 rings (SSSR count). The van der Waals surface area contributed by atoms with Gasteiger partial charge in [-0.3, -0.25) is 10.2 Å². The molecule has 18 heavy (non-hydrogen) atoms. The molecule has 1 amide bonds. The predicted molar refractivity (Wildman–Crippen MR) is 72.1 cm³/mol. The third kappa shape index (κ3) is 5.68. The zero-order valence-electron chi connectivity index (χ0n) is 10.9. The van der Waals surface area contributed by atoms with Crippen LogP contribution in [0.1, 0.15) is 38.2 Å². The molecular formula is C14H22N2O2. The van der Waals surface area contributed by atoms with E-state index < -0.39 is 0 Å². The van der Waals surface area contributed by atoms with Crippen molar-refractivity contribution in [2.75, 3.05) is 6.61 Å². The Morgan fingerprint density at radius 2 is 2.00 bits per heavy atom. The number of hydrazine groups is 1. The van der Waals surface area contributed by atoms with E-state index >= 15 is 0 Å². The average Bonchev–Trinajstić information content (AvgIpc) is 2.42. The summed E-state index contributed by atoms with van der Waals surface area (Å²) in [6.45, 7) is 2.72. The first-order chi connectivity index (χ1) is 8.76. The Balaban J connectivity index is 2.24. The predicted octanol–water partition coefficient (Wildman–Crippen LogP) is 2.18. The van der Waals surface area contributed by atoms with Crippen molar-refractivity contribution >= 4 is 5.91 Å². The summed E-state index contributed by atoms with van der Waals surface area (Å²) in [6, 6.07) is 8.15. The van der Waals surface area contributed by atoms with E-state index in [9.17, 15) is 4.79 Å². The lowest BCUT2D eigenvalue weighted by molar-refractivity contribution is -0.121. The fourth-order valence-electron chi connectivity index (χ4n) is 1.63. The Hall–Kier alpha value is -1.55. The molecule has 0 aliphatic carbocycles. The number of nitrogens with two attached hydrogens (primary N) is 1. The molecule has 0 aromatic heterocycles. The van der Waals surface area contributed by atoms with Crippen LogP contribution in [0.25, 0.3) is 0 Å². The molecule has 0 atom stereocenters. The Bertz CT molecular complexity index is 349. The van der Waals surface area contributed by atoms with Gasteiger partial charge in [0, 0.05) is 6.42 Å². The van der Waals surface area contributed by atoms with Crippen LogP contribution in [0.3, 0.4) is 0 Å². The molecule has 0 aliphatic heterocycles. The number of hydrogen-bond acceptors (Lipinski definition) is 3. The zero-order valence-corrected chi connectivity index (χ0v) is 10.9. The summed E-state index contributed by atoms with van der Waals surface area (Å²) >= 11 is 0. The minimum atomic E-state index is -0.159. The van der Waals surface area contributed by atoms with E-state index in [1.807, 2.05) is 12.1 Å². The zero-order chi connectivity index (χ0) is 13.2. The molecule has 0 radical (unpaired) electrons. The summed E-state index contributed by atoms with van der Waals surface area (Å²) in [5.74, 6) is 5.67. The minimum absolute atomic E-state index is 0.159. The molecule has 0 saturated heterocycles. The third-order valence-electron chi connectivity index (χ3n) is 2.72. The molecular weight excluding hydrogens is 228 g/mol. The van der Waals surface area contributed by atoms with Gasteiger partial charge in [-0.1, -0.05) is 25.5 Å². The van der Waals surface area contributed by atoms with Crippen LogP contribution in [-0.2, 0) is 11.2 Å². The van der Waals surface area contributed by atoms with E-state index in [-0.39, 0.29) is 5.91 Å². The topological polar surface area (TPSA) is 64.3 Å². The van der Waals surface area contributed by atoms with Gasteiger partial charge in [0.15, 0.2) is 0 Å². The van der Waals surface area contributed by atoms with Crippen LogP contribution >= 0.6 is 0 Å². The molecule has 0 unspecified atom stereocenters. The van der Waals surface area contributed by atoms with Crippen molar-refractivity contribution in [3.05, 3.63) is 29.8 Å². The second-order valence-corrected chi connectivity index (χ2v) is 4.27. The minimum Gasteiger partial charge on any atom is -0.494 e. The third-order valence-corrected chi connectivity index (χ3v) is 2.72. The first-order valence-corrected chi connectivity index (χ1v) is 6.47. The maximum absolute atomic E-state index is 10.9. The van der Waals surface area contributed by atoms with E-state index in [0.717, 1.165) is 12.2 Å². The molecule has 100 valence electrons. The van der Waals surface area contributed by atoms with Gasteiger partial charge in [-0.2, -0.15) is 0 Å². The van der Waals surface area contributed by atoms with Gasteiger partial charge in [0.1, 0.15) is 5.75 Å². The van der Waals surface area contributed by atoms with E-state index in [1.165, 1.54) is 18.4 Å². The highest BCUT2D eigenvalue weighted by atomic mass is 16.5. The SMILES string of the molecule is CCCCc1ccc(OCCCC(=O)NN)cc1. The molecule has 0 bridgehead atoms. The second-order valence-electron chi connectivity index (χ2n) is 4.27. The highest BCUT2D eigenvalue weighted by Gasteiger charge is 1.99. The van der Waals surface area contributed by atoms with E-state index in [0.29, 0.717) is 19.4 Å². The van der Waals surface area contributed by atoms with Gasteiger partial charge < -0.3 is 4.74 Å². The Morgan fingerprint density at radius 1 is 1.28 bits per heavy atom. The summed E-state index contributed by atoms with van der Waals surface area (Å²) in [5.41, 5.74) is 3.44. The molecule has 3 N–H and O–H groups in total. The number of amides is 1. The summed E-state index contributed by atoms with van der Waals surface area (Å²) in [6.07, 6.45) is 4.61. The van der Waals surface area contributed by atoms with Crippen molar-refractivity contribution in [1.29, 1.82) is 0 Å². The summed E-state index contributed by atoms with van der Waals surface area (Å²) in [7, 11) is 0. The quantitative estimate of drug-likeness (QED) is 0.322. The number of nitrogens with one attached hydrogen (secondary N) is 1. The second kappa shape index (κ2) is 8.53. The molecule has 0 saturated carbocycles. The molecule has 4 heteroatoms. The molecule has 4 nitrogen and oxygen atoms in total. The number of rotatable bonds is 8. The highest BCUT2D eigenvalue weighted by molar-refractivity contribution is 5.75. The van der Waals surface area contributed by atoms with Gasteiger partial charge in [0.05, 0.1) is 6.61 Å². The van der Waals surface area contributed by atoms with Gasteiger partial charge in [-0.25, -0.2) is 5.84 Å². The lowest BCUT2D eigenvalue weighted by Gasteiger charge is -2.07. The van der Waals surface area contributed by atoms with Crippen LogP contribution in [0.5, 0.6) is 5.75 Å². The standard InChI is InChI=1S/C14H22N2O2/c1-2-3-5-12-7-9-13(10-8-12)18-11-4-6-14(17)16-15/h7-10H,2-6,11,15H2,1H3,(H,16,17). The Labute approximate surface area is 108 Å². The van der Waals surface area contributed by atoms with Crippen LogP contribution in [0.2, 0.25) is 0 Å².